The van der Waals surface area contributed by atoms with Gasteiger partial charge in [-0.2, -0.15) is 14.6 Å². The maximum atomic E-state index is 12.9. The highest BCUT2D eigenvalue weighted by atomic mass is 32.1. The number of nitrogens with zero attached hydrogens (tertiary/aromatic N) is 8. The minimum atomic E-state index is -0.321. The van der Waals surface area contributed by atoms with Crippen LogP contribution in [0.2, 0.25) is 0 Å². The molecule has 13 heteroatoms. The maximum Gasteiger partial charge on any atom is 0.270 e. The van der Waals surface area contributed by atoms with Crippen LogP contribution in [-0.2, 0) is 0 Å². The molecule has 5 heterocycles. The summed E-state index contributed by atoms with van der Waals surface area (Å²) in [6.07, 6.45) is 4.97. The van der Waals surface area contributed by atoms with Crippen LogP contribution < -0.4 is 15.4 Å². The summed E-state index contributed by atoms with van der Waals surface area (Å²) in [4.78, 5) is 38.9. The van der Waals surface area contributed by atoms with Crippen LogP contribution >= 0.6 is 11.5 Å². The lowest BCUT2D eigenvalue weighted by Crippen LogP contribution is -2.27. The molecule has 1 unspecified atom stereocenters. The Morgan fingerprint density at radius 2 is 1.85 bits per heavy atom. The second kappa shape index (κ2) is 11.6. The van der Waals surface area contributed by atoms with Gasteiger partial charge < -0.3 is 15.4 Å². The molecular formula is C27H26N10O2S. The van der Waals surface area contributed by atoms with E-state index < -0.39 is 0 Å². The molecule has 0 saturated carbocycles. The van der Waals surface area contributed by atoms with Crippen molar-refractivity contribution < 1.29 is 12.4 Å². The van der Waals surface area contributed by atoms with Gasteiger partial charge in [0.2, 0.25) is 16.8 Å². The van der Waals surface area contributed by atoms with Crippen LogP contribution in [0, 0.1) is 18.3 Å². The number of carbonyl (C=O) groups is 1. The van der Waals surface area contributed by atoms with Gasteiger partial charge in [-0.1, -0.05) is 6.07 Å². The number of nitrogens with one attached hydrogen (secondary N) is 2. The van der Waals surface area contributed by atoms with Gasteiger partial charge in [0.15, 0.2) is 5.82 Å². The molecular weight excluding hydrogens is 528 g/mol. The highest BCUT2D eigenvalue weighted by molar-refractivity contribution is 7.06. The molecule has 40 heavy (non-hydrogen) atoms. The number of aromatic nitrogens is 7. The number of rotatable bonds is 8. The van der Waals surface area contributed by atoms with E-state index in [0.29, 0.717) is 28.8 Å². The third kappa shape index (κ3) is 6.03. The lowest BCUT2D eigenvalue weighted by molar-refractivity contribution is 0.0935. The van der Waals surface area contributed by atoms with Gasteiger partial charge in [-0.3, -0.25) is 14.8 Å². The molecule has 12 nitrogen and oxygen atoms in total. The average Bonchev–Trinajstić information content (AvgIpc) is 3.44. The Morgan fingerprint density at radius 1 is 1.02 bits per heavy atom. The van der Waals surface area contributed by atoms with E-state index in [2.05, 4.69) is 44.9 Å². The van der Waals surface area contributed by atoms with E-state index in [0.717, 1.165) is 28.4 Å². The van der Waals surface area contributed by atoms with Crippen LogP contribution in [0.5, 0.6) is 5.88 Å². The van der Waals surface area contributed by atoms with Crippen molar-refractivity contribution in [3.8, 4) is 34.6 Å². The van der Waals surface area contributed by atoms with Crippen molar-refractivity contribution in [2.75, 3.05) is 12.4 Å². The van der Waals surface area contributed by atoms with E-state index in [1.807, 2.05) is 38.1 Å². The van der Waals surface area contributed by atoms with E-state index in [1.54, 1.807) is 50.0 Å². The summed E-state index contributed by atoms with van der Waals surface area (Å²) >= 11 is 0.995. The second-order valence-electron chi connectivity index (χ2n) is 8.57. The summed E-state index contributed by atoms with van der Waals surface area (Å²) < 4.78 is 9.18. The highest BCUT2D eigenvalue weighted by Gasteiger charge is 2.15. The minimum Gasteiger partial charge on any atom is -0.481 e. The normalized spacial score (nSPS) is 11.3. The lowest BCUT2D eigenvalue weighted by atomic mass is 10.1. The SMILES string of the molecule is COc1ccc(-c2ccc(C(C)NC(=O)c3ccc(-c4nc(C)cc(Nc5nsc(C#N)n5)n4)cn3)cn2)cn1.[HH].[HH]. The number of amides is 1. The topological polar surface area (TPSA) is 164 Å². The van der Waals surface area contributed by atoms with E-state index in [-0.39, 0.29) is 31.5 Å². The molecule has 5 aromatic rings. The summed E-state index contributed by atoms with van der Waals surface area (Å²) in [5.41, 5.74) is 4.07. The smallest absolute Gasteiger partial charge is 0.270 e. The Labute approximate surface area is 236 Å². The Bertz CT molecular complexity index is 1690. The predicted molar refractivity (Wildman–Crippen MR) is 152 cm³/mol. The standard InChI is InChI=1S/C27H22N10O2S.2H2/c1-15-10-22(35-27-36-24(11-28)40-37-27)34-25(32-15)19-5-8-21(30-14-19)26(38)33-16(2)17-4-7-20(29-12-17)18-6-9-23(39-3)31-13-18;;/h4-10,12-14,16H,1-3H3,(H,33,38)(H,32,34,35,37);2*1H. The molecule has 0 aliphatic heterocycles. The van der Waals surface area contributed by atoms with E-state index in [1.165, 1.54) is 0 Å². The molecule has 1 amide bonds. The fourth-order valence-corrected chi connectivity index (χ4v) is 4.12. The molecule has 202 valence electrons. The van der Waals surface area contributed by atoms with Crippen LogP contribution in [-0.4, -0.2) is 47.3 Å². The van der Waals surface area contributed by atoms with Crippen molar-refractivity contribution in [3.63, 3.8) is 0 Å². The quantitative estimate of drug-likeness (QED) is 0.271. The summed E-state index contributed by atoms with van der Waals surface area (Å²) in [7, 11) is 1.57. The number of ether oxygens (including phenoxy) is 1. The zero-order valence-corrected chi connectivity index (χ0v) is 22.5. The zero-order chi connectivity index (χ0) is 28.1. The van der Waals surface area contributed by atoms with Crippen molar-refractivity contribution >= 4 is 29.2 Å². The zero-order valence-electron chi connectivity index (χ0n) is 21.7. The first-order chi connectivity index (χ1) is 19.4. The first-order valence-electron chi connectivity index (χ1n) is 12.0. The van der Waals surface area contributed by atoms with Crippen molar-refractivity contribution in [1.82, 2.24) is 39.6 Å². The fraction of sp³-hybridized carbons (Fsp3) is 0.148. The largest absolute Gasteiger partial charge is 0.481 e. The van der Waals surface area contributed by atoms with Crippen molar-refractivity contribution in [2.45, 2.75) is 19.9 Å². The molecule has 0 bridgehead atoms. The summed E-state index contributed by atoms with van der Waals surface area (Å²) in [5.74, 6) is 1.39. The third-order valence-electron chi connectivity index (χ3n) is 5.75. The van der Waals surface area contributed by atoms with E-state index in [9.17, 15) is 4.79 Å². The van der Waals surface area contributed by atoms with Gasteiger partial charge >= 0.3 is 0 Å². The summed E-state index contributed by atoms with van der Waals surface area (Å²) in [6, 6.07) is 14.2. The van der Waals surface area contributed by atoms with Gasteiger partial charge in [0, 0.05) is 50.4 Å². The predicted octanol–water partition coefficient (Wildman–Crippen LogP) is 4.76. The van der Waals surface area contributed by atoms with Crippen LogP contribution in [0.4, 0.5) is 11.8 Å². The molecule has 0 aromatic carbocycles. The van der Waals surface area contributed by atoms with Gasteiger partial charge in [0.25, 0.3) is 5.91 Å². The van der Waals surface area contributed by atoms with Gasteiger partial charge in [-0.25, -0.2) is 15.0 Å². The van der Waals surface area contributed by atoms with Crippen LogP contribution in [0.3, 0.4) is 0 Å². The van der Waals surface area contributed by atoms with Gasteiger partial charge in [0.05, 0.1) is 18.8 Å². The fourth-order valence-electron chi connectivity index (χ4n) is 3.70. The Balaban J connectivity index is 0.00000242. The van der Waals surface area contributed by atoms with Gasteiger partial charge in [0.1, 0.15) is 17.6 Å². The lowest BCUT2D eigenvalue weighted by Gasteiger charge is -2.14. The van der Waals surface area contributed by atoms with Crippen molar-refractivity contribution in [3.05, 3.63) is 83.0 Å². The van der Waals surface area contributed by atoms with E-state index >= 15 is 0 Å². The first kappa shape index (κ1) is 26.3. The number of pyridine rings is 3. The minimum absolute atomic E-state index is 0. The van der Waals surface area contributed by atoms with Crippen molar-refractivity contribution in [1.29, 1.82) is 5.26 Å². The number of methoxy groups -OCH3 is 1. The number of hydrogen-bond acceptors (Lipinski definition) is 12. The molecule has 2 N–H and O–H groups in total. The van der Waals surface area contributed by atoms with Gasteiger partial charge in [-0.05, 0) is 55.2 Å². The van der Waals surface area contributed by atoms with E-state index in [4.69, 9.17) is 10.00 Å². The Hall–Kier alpha value is -5.35. The molecule has 5 aromatic heterocycles. The molecule has 0 aliphatic carbocycles. The van der Waals surface area contributed by atoms with Crippen molar-refractivity contribution in [2.24, 2.45) is 0 Å². The monoisotopic (exact) mass is 554 g/mol. The van der Waals surface area contributed by atoms with Crippen LogP contribution in [0.15, 0.2) is 61.1 Å². The third-order valence-corrected chi connectivity index (χ3v) is 6.37. The molecule has 0 saturated heterocycles. The second-order valence-corrected chi connectivity index (χ2v) is 9.32. The number of anilines is 2. The first-order valence-corrected chi connectivity index (χ1v) is 12.8. The number of carbonyl (C=O) groups excluding carboxylic acids is 1. The molecule has 1 atom stereocenters. The highest BCUT2D eigenvalue weighted by Crippen LogP contribution is 2.22. The number of aryl methyl sites for hydroxylation is 1. The molecule has 0 fully saturated rings. The summed E-state index contributed by atoms with van der Waals surface area (Å²) in [5, 5.41) is 15.1. The molecule has 0 radical (unpaired) electrons. The van der Waals surface area contributed by atoms with Crippen LogP contribution in [0.1, 0.15) is 42.6 Å². The maximum absolute atomic E-state index is 12.9. The Morgan fingerprint density at radius 3 is 2.50 bits per heavy atom. The van der Waals surface area contributed by atoms with Gasteiger partial charge in [-0.15, -0.1) is 0 Å². The number of nitriles is 1. The molecule has 0 aliphatic rings. The average molecular weight is 555 g/mol. The summed E-state index contributed by atoms with van der Waals surface area (Å²) in [6.45, 7) is 3.71. The molecule has 5 rings (SSSR count). The molecule has 0 spiro atoms. The number of hydrogen-bond donors (Lipinski definition) is 2. The Kier molecular flexibility index (Phi) is 7.61. The van der Waals surface area contributed by atoms with Crippen LogP contribution in [0.25, 0.3) is 22.6 Å².